The van der Waals surface area contributed by atoms with E-state index in [-0.39, 0.29) is 17.9 Å². The van der Waals surface area contributed by atoms with Crippen molar-refractivity contribution in [3.63, 3.8) is 0 Å². The minimum Gasteiger partial charge on any atom is -0.352 e. The zero-order valence-electron chi connectivity index (χ0n) is 11.2. The third-order valence-electron chi connectivity index (χ3n) is 3.95. The second-order valence-corrected chi connectivity index (χ2v) is 7.75. The molecule has 3 atom stereocenters. The van der Waals surface area contributed by atoms with E-state index in [9.17, 15) is 4.79 Å². The van der Waals surface area contributed by atoms with Gasteiger partial charge in [0.05, 0.1) is 9.70 Å². The number of rotatable bonds is 4. The van der Waals surface area contributed by atoms with Crippen LogP contribution >= 0.6 is 27.3 Å². The maximum absolute atomic E-state index is 12.3. The molecule has 0 radical (unpaired) electrons. The van der Waals surface area contributed by atoms with Crippen LogP contribution in [0.15, 0.2) is 15.9 Å². The Morgan fingerprint density at radius 3 is 2.89 bits per heavy atom. The SMILES string of the molecule is CC(C(=O)NC1CCCCC1CN)c1ccc(Br)s1. The van der Waals surface area contributed by atoms with E-state index in [1.165, 1.54) is 12.8 Å². The third kappa shape index (κ3) is 3.80. The lowest BCUT2D eigenvalue weighted by Crippen LogP contribution is -2.45. The van der Waals surface area contributed by atoms with Crippen LogP contribution in [0.3, 0.4) is 0 Å². The number of halogens is 1. The predicted molar refractivity (Wildman–Crippen MR) is 83.4 cm³/mol. The average molecular weight is 345 g/mol. The number of nitrogens with two attached hydrogens (primary N) is 1. The lowest BCUT2D eigenvalue weighted by Gasteiger charge is -2.32. The maximum atomic E-state index is 12.3. The van der Waals surface area contributed by atoms with Crippen molar-refractivity contribution in [1.82, 2.24) is 5.32 Å². The number of carbonyl (C=O) groups is 1. The van der Waals surface area contributed by atoms with Crippen molar-refractivity contribution in [3.8, 4) is 0 Å². The van der Waals surface area contributed by atoms with E-state index in [2.05, 4.69) is 21.2 Å². The topological polar surface area (TPSA) is 55.1 Å². The summed E-state index contributed by atoms with van der Waals surface area (Å²) in [5.74, 6) is 0.483. The molecule has 3 unspecified atom stereocenters. The normalized spacial score (nSPS) is 25.0. The molecule has 1 heterocycles. The monoisotopic (exact) mass is 344 g/mol. The summed E-state index contributed by atoms with van der Waals surface area (Å²) in [6, 6.07) is 4.27. The highest BCUT2D eigenvalue weighted by molar-refractivity contribution is 9.11. The highest BCUT2D eigenvalue weighted by atomic mass is 79.9. The second-order valence-electron chi connectivity index (χ2n) is 5.26. The van der Waals surface area contributed by atoms with Crippen LogP contribution in [0.25, 0.3) is 0 Å². The zero-order chi connectivity index (χ0) is 13.8. The van der Waals surface area contributed by atoms with Crippen molar-refractivity contribution in [2.75, 3.05) is 6.54 Å². The van der Waals surface area contributed by atoms with Gasteiger partial charge in [-0.15, -0.1) is 11.3 Å². The van der Waals surface area contributed by atoms with E-state index >= 15 is 0 Å². The van der Waals surface area contributed by atoms with Crippen LogP contribution < -0.4 is 11.1 Å². The van der Waals surface area contributed by atoms with E-state index in [1.807, 2.05) is 19.1 Å². The molecule has 3 N–H and O–H groups in total. The molecule has 19 heavy (non-hydrogen) atoms. The third-order valence-corrected chi connectivity index (χ3v) is 5.76. The smallest absolute Gasteiger partial charge is 0.228 e. The first-order valence-electron chi connectivity index (χ1n) is 6.87. The average Bonchev–Trinajstić information content (AvgIpc) is 2.85. The van der Waals surface area contributed by atoms with Gasteiger partial charge in [0, 0.05) is 10.9 Å². The van der Waals surface area contributed by atoms with Gasteiger partial charge in [0.1, 0.15) is 0 Å². The van der Waals surface area contributed by atoms with Crippen molar-refractivity contribution in [3.05, 3.63) is 20.8 Å². The van der Waals surface area contributed by atoms with Crippen LogP contribution in [-0.2, 0) is 4.79 Å². The molecule has 1 aliphatic carbocycles. The largest absolute Gasteiger partial charge is 0.352 e. The molecule has 0 spiro atoms. The van der Waals surface area contributed by atoms with E-state index in [1.54, 1.807) is 11.3 Å². The molecule has 1 saturated carbocycles. The highest BCUT2D eigenvalue weighted by Gasteiger charge is 2.27. The van der Waals surface area contributed by atoms with Gasteiger partial charge in [-0.3, -0.25) is 4.79 Å². The van der Waals surface area contributed by atoms with Gasteiger partial charge in [0.15, 0.2) is 0 Å². The van der Waals surface area contributed by atoms with Crippen molar-refractivity contribution in [2.45, 2.75) is 44.6 Å². The summed E-state index contributed by atoms with van der Waals surface area (Å²) in [5, 5.41) is 3.20. The van der Waals surface area contributed by atoms with Gasteiger partial charge in [-0.2, -0.15) is 0 Å². The van der Waals surface area contributed by atoms with Crippen LogP contribution in [0.2, 0.25) is 0 Å². The molecule has 1 aromatic rings. The Balaban J connectivity index is 1.96. The van der Waals surface area contributed by atoms with Crippen LogP contribution in [0.1, 0.15) is 43.4 Å². The Labute approximate surface area is 127 Å². The first-order valence-corrected chi connectivity index (χ1v) is 8.48. The van der Waals surface area contributed by atoms with Crippen LogP contribution in [0.4, 0.5) is 0 Å². The molecule has 2 rings (SSSR count). The summed E-state index contributed by atoms with van der Waals surface area (Å²) in [6.45, 7) is 2.64. The summed E-state index contributed by atoms with van der Waals surface area (Å²) in [6.07, 6.45) is 4.64. The molecule has 106 valence electrons. The molecule has 0 aromatic carbocycles. The molecule has 1 aliphatic rings. The van der Waals surface area contributed by atoms with Crippen molar-refractivity contribution in [1.29, 1.82) is 0 Å². The molecule has 0 saturated heterocycles. The second kappa shape index (κ2) is 6.86. The van der Waals surface area contributed by atoms with E-state index in [0.29, 0.717) is 12.5 Å². The molecule has 1 aromatic heterocycles. The summed E-state index contributed by atoms with van der Waals surface area (Å²) >= 11 is 5.06. The Kier molecular flexibility index (Phi) is 5.42. The fraction of sp³-hybridized carbons (Fsp3) is 0.643. The molecular weight excluding hydrogens is 324 g/mol. The van der Waals surface area contributed by atoms with Crippen LogP contribution in [0.5, 0.6) is 0 Å². The quantitative estimate of drug-likeness (QED) is 0.880. The molecule has 0 aliphatic heterocycles. The number of amides is 1. The lowest BCUT2D eigenvalue weighted by molar-refractivity contribution is -0.123. The minimum atomic E-state index is -0.0864. The predicted octanol–water partition coefficient (Wildman–Crippen LogP) is 3.25. The Morgan fingerprint density at radius 2 is 2.26 bits per heavy atom. The molecule has 3 nitrogen and oxygen atoms in total. The lowest BCUT2D eigenvalue weighted by atomic mass is 9.84. The standard InChI is InChI=1S/C14H21BrN2OS/c1-9(12-6-7-13(15)19-12)14(18)17-11-5-3-2-4-10(11)8-16/h6-7,9-11H,2-5,8,16H2,1H3,(H,17,18). The zero-order valence-corrected chi connectivity index (χ0v) is 13.6. The fourth-order valence-electron chi connectivity index (χ4n) is 2.68. The highest BCUT2D eigenvalue weighted by Crippen LogP contribution is 2.29. The first-order chi connectivity index (χ1) is 9.11. The van der Waals surface area contributed by atoms with Crippen LogP contribution in [0, 0.1) is 5.92 Å². The summed E-state index contributed by atoms with van der Waals surface area (Å²) in [7, 11) is 0. The maximum Gasteiger partial charge on any atom is 0.228 e. The van der Waals surface area contributed by atoms with Gasteiger partial charge in [-0.05, 0) is 60.3 Å². The Hall–Kier alpha value is -0.390. The summed E-state index contributed by atoms with van der Waals surface area (Å²) in [5.41, 5.74) is 5.80. The summed E-state index contributed by atoms with van der Waals surface area (Å²) in [4.78, 5) is 13.4. The fourth-order valence-corrected chi connectivity index (χ4v) is 4.15. The number of nitrogens with one attached hydrogen (secondary N) is 1. The van der Waals surface area contributed by atoms with Crippen LogP contribution in [-0.4, -0.2) is 18.5 Å². The van der Waals surface area contributed by atoms with Crippen molar-refractivity contribution in [2.24, 2.45) is 11.7 Å². The van der Waals surface area contributed by atoms with Gasteiger partial charge < -0.3 is 11.1 Å². The summed E-state index contributed by atoms with van der Waals surface area (Å²) < 4.78 is 1.07. The van der Waals surface area contributed by atoms with Crippen molar-refractivity contribution >= 4 is 33.2 Å². The number of hydrogen-bond donors (Lipinski definition) is 2. The van der Waals surface area contributed by atoms with Gasteiger partial charge in [0.2, 0.25) is 5.91 Å². The number of thiophene rings is 1. The van der Waals surface area contributed by atoms with Crippen molar-refractivity contribution < 1.29 is 4.79 Å². The van der Waals surface area contributed by atoms with Gasteiger partial charge >= 0.3 is 0 Å². The van der Waals surface area contributed by atoms with Gasteiger partial charge in [-0.25, -0.2) is 0 Å². The molecular formula is C14H21BrN2OS. The Bertz CT molecular complexity index is 435. The molecule has 1 amide bonds. The first kappa shape index (κ1) is 15.0. The van der Waals surface area contributed by atoms with E-state index < -0.39 is 0 Å². The van der Waals surface area contributed by atoms with Gasteiger partial charge in [-0.1, -0.05) is 12.8 Å². The Morgan fingerprint density at radius 1 is 1.53 bits per heavy atom. The molecule has 1 fully saturated rings. The number of carbonyl (C=O) groups excluding carboxylic acids is 1. The van der Waals surface area contributed by atoms with Gasteiger partial charge in [0.25, 0.3) is 0 Å². The molecule has 5 heteroatoms. The minimum absolute atomic E-state index is 0.0864. The molecule has 0 bridgehead atoms. The number of hydrogen-bond acceptors (Lipinski definition) is 3. The van der Waals surface area contributed by atoms with E-state index in [0.717, 1.165) is 21.5 Å². The van der Waals surface area contributed by atoms with E-state index in [4.69, 9.17) is 5.73 Å².